The molecular formula is C12H5AlF24O4. The van der Waals surface area contributed by atoms with Gasteiger partial charge in [-0.3, -0.25) is 0 Å². The molecule has 0 bridgehead atoms. The van der Waals surface area contributed by atoms with Crippen molar-refractivity contribution in [2.24, 2.45) is 0 Å². The molecule has 0 unspecified atom stereocenters. The van der Waals surface area contributed by atoms with Gasteiger partial charge in [0.05, 0.1) is 18.3 Å². The zero-order valence-corrected chi connectivity index (χ0v) is 18.8. The maximum atomic E-state index is 11.0. The van der Waals surface area contributed by atoms with E-state index < -0.39 is 73.8 Å². The van der Waals surface area contributed by atoms with Gasteiger partial charge in [-0.25, -0.2) is 0 Å². The van der Waals surface area contributed by atoms with Gasteiger partial charge in [0.15, 0.2) is 0 Å². The average molecular weight is 696 g/mol. The summed E-state index contributed by atoms with van der Waals surface area (Å²) in [4.78, 5) is 0. The molecule has 0 aliphatic rings. The molecule has 0 rings (SSSR count). The molecule has 0 atom stereocenters. The topological polar surface area (TPSA) is 89.4 Å². The van der Waals surface area contributed by atoms with Crippen LogP contribution in [0.5, 0.6) is 0 Å². The standard InChI is InChI=1S/C3H2F6O.3C3HF6O.Al/c4*4-2(5,6)1(10)3(7,8)9;/h1,10H;3*1H;/q;3*-1;+3. The van der Waals surface area contributed by atoms with Gasteiger partial charge < -0.3 is 20.4 Å². The molecule has 0 aromatic heterocycles. The molecule has 0 fully saturated rings. The molecular weight excluding hydrogens is 691 g/mol. The molecule has 0 aromatic carbocycles. The van der Waals surface area contributed by atoms with Crippen LogP contribution in [0.3, 0.4) is 0 Å². The van der Waals surface area contributed by atoms with Gasteiger partial charge in [-0.15, -0.1) is 0 Å². The number of alkyl halides is 24. The van der Waals surface area contributed by atoms with Gasteiger partial charge in [0.2, 0.25) is 6.10 Å². The van der Waals surface area contributed by atoms with Gasteiger partial charge in [-0.1, -0.05) is 0 Å². The van der Waals surface area contributed by atoms with Crippen LogP contribution in [0.1, 0.15) is 0 Å². The average Bonchev–Trinajstić information content (AvgIpc) is 2.61. The quantitative estimate of drug-likeness (QED) is 0.310. The first-order valence-corrected chi connectivity index (χ1v) is 7.81. The third kappa shape index (κ3) is 23.9. The Kier molecular flexibility index (Phi) is 19.2. The second-order valence-electron chi connectivity index (χ2n) is 5.88. The van der Waals surface area contributed by atoms with E-state index in [1.807, 2.05) is 0 Å². The zero-order valence-electron chi connectivity index (χ0n) is 17.6. The zero-order chi connectivity index (χ0) is 34.3. The van der Waals surface area contributed by atoms with Crippen molar-refractivity contribution in [2.45, 2.75) is 73.8 Å². The predicted molar refractivity (Wildman–Crippen MR) is 71.6 cm³/mol. The fraction of sp³-hybridized carbons (Fsp3) is 1.00. The second-order valence-corrected chi connectivity index (χ2v) is 5.88. The van der Waals surface area contributed by atoms with Crippen LogP contribution in [0.4, 0.5) is 105 Å². The van der Waals surface area contributed by atoms with Crippen molar-refractivity contribution in [3.63, 3.8) is 0 Å². The van der Waals surface area contributed by atoms with Crippen molar-refractivity contribution in [2.75, 3.05) is 0 Å². The molecule has 0 aliphatic heterocycles. The van der Waals surface area contributed by atoms with Crippen molar-refractivity contribution in [3.05, 3.63) is 0 Å². The van der Waals surface area contributed by atoms with Gasteiger partial charge in [0.25, 0.3) is 0 Å². The van der Waals surface area contributed by atoms with Crippen LogP contribution in [0.2, 0.25) is 0 Å². The minimum absolute atomic E-state index is 0. The molecule has 0 saturated heterocycles. The summed E-state index contributed by atoms with van der Waals surface area (Å²) in [6.45, 7) is 0. The maximum absolute atomic E-state index is 11.0. The van der Waals surface area contributed by atoms with E-state index in [-0.39, 0.29) is 17.4 Å². The van der Waals surface area contributed by atoms with E-state index in [2.05, 4.69) is 0 Å². The van der Waals surface area contributed by atoms with Crippen LogP contribution in [0.25, 0.3) is 0 Å². The Labute approximate surface area is 218 Å². The smallest absolute Gasteiger partial charge is 0.839 e. The number of hydrogen-bond donors (Lipinski definition) is 1. The monoisotopic (exact) mass is 696 g/mol. The summed E-state index contributed by atoms with van der Waals surface area (Å²) in [6.07, 6.45) is -63.4. The Bertz CT molecular complexity index is 515. The third-order valence-corrected chi connectivity index (χ3v) is 2.40. The summed E-state index contributed by atoms with van der Waals surface area (Å²) < 4.78 is 262. The molecule has 0 heterocycles. The maximum Gasteiger partial charge on any atom is 3.00 e. The SMILES string of the molecule is OC(C(F)(F)F)C(F)(F)F.[Al+3].[O-]C(C(F)(F)F)C(F)(F)F.[O-]C(C(F)(F)F)C(F)(F)F.[O-]C(C(F)(F)F)C(F)(F)F. The van der Waals surface area contributed by atoms with Gasteiger partial charge in [0.1, 0.15) is 0 Å². The molecule has 248 valence electrons. The first-order valence-electron chi connectivity index (χ1n) is 7.81. The minimum Gasteiger partial charge on any atom is -0.839 e. The van der Waals surface area contributed by atoms with E-state index in [1.54, 1.807) is 0 Å². The Morgan fingerprint density at radius 1 is 0.293 bits per heavy atom. The fourth-order valence-electron chi connectivity index (χ4n) is 0.742. The van der Waals surface area contributed by atoms with E-state index in [9.17, 15) is 121 Å². The Morgan fingerprint density at radius 2 is 0.390 bits per heavy atom. The first-order chi connectivity index (χ1) is 16.6. The number of rotatable bonds is 0. The summed E-state index contributed by atoms with van der Waals surface area (Å²) in [7, 11) is 0. The molecule has 0 saturated carbocycles. The summed E-state index contributed by atoms with van der Waals surface area (Å²) >= 11 is 0. The molecule has 29 heteroatoms. The Morgan fingerprint density at radius 3 is 0.390 bits per heavy atom. The summed E-state index contributed by atoms with van der Waals surface area (Å²) in [5, 5.41) is 35.4. The van der Waals surface area contributed by atoms with Crippen molar-refractivity contribution < 1.29 is 126 Å². The van der Waals surface area contributed by atoms with E-state index in [0.717, 1.165) is 0 Å². The van der Waals surface area contributed by atoms with E-state index in [4.69, 9.17) is 5.11 Å². The molecule has 1 N–H and O–H groups in total. The van der Waals surface area contributed by atoms with Crippen LogP contribution in [0, 0.1) is 0 Å². The second kappa shape index (κ2) is 16.0. The summed E-state index contributed by atoms with van der Waals surface area (Å²) in [5.41, 5.74) is 0. The fourth-order valence-corrected chi connectivity index (χ4v) is 0.742. The first kappa shape index (κ1) is 49.4. The van der Waals surface area contributed by atoms with Gasteiger partial charge in [0, 0.05) is 0 Å². The molecule has 0 amide bonds. The summed E-state index contributed by atoms with van der Waals surface area (Å²) in [6, 6.07) is 0. The van der Waals surface area contributed by atoms with E-state index >= 15 is 0 Å². The van der Waals surface area contributed by atoms with Crippen LogP contribution in [-0.2, 0) is 0 Å². The predicted octanol–water partition coefficient (Wildman–Crippen LogP) is 3.61. The van der Waals surface area contributed by atoms with Crippen molar-refractivity contribution in [1.82, 2.24) is 0 Å². The molecule has 0 aromatic rings. The largest absolute Gasteiger partial charge is 3.00 e. The Balaban J connectivity index is -0.000000139. The number of halogens is 24. The van der Waals surface area contributed by atoms with Crippen LogP contribution >= 0.6 is 0 Å². The summed E-state index contributed by atoms with van der Waals surface area (Å²) in [5.74, 6) is 0. The molecule has 0 spiro atoms. The number of aliphatic hydroxyl groups is 1. The van der Waals surface area contributed by atoms with Crippen LogP contribution in [-0.4, -0.2) is 96.3 Å². The Hall–Kier alpha value is -1.31. The number of hydrogen-bond acceptors (Lipinski definition) is 4. The van der Waals surface area contributed by atoms with E-state index in [1.165, 1.54) is 0 Å². The van der Waals surface area contributed by atoms with Gasteiger partial charge in [-0.2, -0.15) is 105 Å². The molecule has 4 nitrogen and oxygen atoms in total. The van der Waals surface area contributed by atoms with Crippen LogP contribution in [0.15, 0.2) is 0 Å². The minimum atomic E-state index is -5.74. The number of aliphatic hydroxyl groups excluding tert-OH is 1. The molecule has 41 heavy (non-hydrogen) atoms. The normalized spacial score (nSPS) is 14.0. The van der Waals surface area contributed by atoms with Crippen molar-refractivity contribution >= 4 is 17.4 Å². The van der Waals surface area contributed by atoms with Crippen molar-refractivity contribution in [1.29, 1.82) is 0 Å². The third-order valence-electron chi connectivity index (χ3n) is 2.40. The van der Waals surface area contributed by atoms with Gasteiger partial charge in [-0.05, 0) is 0 Å². The molecule has 0 aliphatic carbocycles. The molecule has 0 radical (unpaired) electrons. The van der Waals surface area contributed by atoms with E-state index in [0.29, 0.717) is 0 Å². The van der Waals surface area contributed by atoms with Crippen molar-refractivity contribution in [3.8, 4) is 0 Å². The van der Waals surface area contributed by atoms with Crippen LogP contribution < -0.4 is 15.3 Å². The van der Waals surface area contributed by atoms with Gasteiger partial charge >= 0.3 is 66.8 Å².